The SMILES string of the molecule is CCc1nc(COc2cc3c(cc2CCN)OCO3)cs1. The van der Waals surface area contributed by atoms with Gasteiger partial charge < -0.3 is 19.9 Å². The van der Waals surface area contributed by atoms with Crippen molar-refractivity contribution in [3.63, 3.8) is 0 Å². The minimum absolute atomic E-state index is 0.257. The molecule has 112 valence electrons. The molecule has 0 spiro atoms. The highest BCUT2D eigenvalue weighted by Gasteiger charge is 2.18. The number of rotatable bonds is 6. The van der Waals surface area contributed by atoms with Crippen LogP contribution in [-0.4, -0.2) is 18.3 Å². The van der Waals surface area contributed by atoms with Crippen LogP contribution in [0, 0.1) is 0 Å². The van der Waals surface area contributed by atoms with Crippen LogP contribution in [0.2, 0.25) is 0 Å². The number of aromatic nitrogens is 1. The highest BCUT2D eigenvalue weighted by Crippen LogP contribution is 2.38. The van der Waals surface area contributed by atoms with E-state index in [1.807, 2.05) is 17.5 Å². The zero-order chi connectivity index (χ0) is 14.7. The van der Waals surface area contributed by atoms with Crippen LogP contribution in [0.1, 0.15) is 23.2 Å². The van der Waals surface area contributed by atoms with Gasteiger partial charge in [0.2, 0.25) is 6.79 Å². The summed E-state index contributed by atoms with van der Waals surface area (Å²) in [6.45, 7) is 3.37. The van der Waals surface area contributed by atoms with Crippen LogP contribution in [0.5, 0.6) is 17.2 Å². The molecule has 0 unspecified atom stereocenters. The number of nitrogens with two attached hydrogens (primary N) is 1. The van der Waals surface area contributed by atoms with Gasteiger partial charge in [-0.2, -0.15) is 0 Å². The number of nitrogens with zero attached hydrogens (tertiary/aromatic N) is 1. The molecule has 0 radical (unpaired) electrons. The number of fused-ring (bicyclic) bond motifs is 1. The molecule has 0 fully saturated rings. The molecule has 0 aliphatic carbocycles. The molecule has 5 nitrogen and oxygen atoms in total. The first-order valence-corrected chi connectivity index (χ1v) is 7.86. The maximum absolute atomic E-state index is 5.91. The summed E-state index contributed by atoms with van der Waals surface area (Å²) < 4.78 is 16.7. The molecule has 1 aliphatic heterocycles. The number of benzene rings is 1. The summed E-state index contributed by atoms with van der Waals surface area (Å²) in [7, 11) is 0. The normalized spacial score (nSPS) is 12.7. The van der Waals surface area contributed by atoms with Gasteiger partial charge >= 0.3 is 0 Å². The van der Waals surface area contributed by atoms with E-state index in [1.165, 1.54) is 0 Å². The Kier molecular flexibility index (Phi) is 4.26. The zero-order valence-electron chi connectivity index (χ0n) is 11.9. The van der Waals surface area contributed by atoms with Gasteiger partial charge in [-0.15, -0.1) is 11.3 Å². The molecule has 6 heteroatoms. The van der Waals surface area contributed by atoms with Crippen LogP contribution in [0.15, 0.2) is 17.5 Å². The fraction of sp³-hybridized carbons (Fsp3) is 0.400. The third kappa shape index (κ3) is 3.11. The van der Waals surface area contributed by atoms with Crippen molar-refractivity contribution in [3.05, 3.63) is 33.8 Å². The Hall–Kier alpha value is -1.79. The summed E-state index contributed by atoms with van der Waals surface area (Å²) >= 11 is 1.66. The lowest BCUT2D eigenvalue weighted by molar-refractivity contribution is 0.173. The second-order valence-electron chi connectivity index (χ2n) is 4.73. The highest BCUT2D eigenvalue weighted by molar-refractivity contribution is 7.09. The molecular formula is C15H18N2O3S. The van der Waals surface area contributed by atoms with Crippen molar-refractivity contribution < 1.29 is 14.2 Å². The second-order valence-corrected chi connectivity index (χ2v) is 5.67. The highest BCUT2D eigenvalue weighted by atomic mass is 32.1. The van der Waals surface area contributed by atoms with Crippen LogP contribution in [0.25, 0.3) is 0 Å². The van der Waals surface area contributed by atoms with Gasteiger partial charge in [-0.1, -0.05) is 6.92 Å². The van der Waals surface area contributed by atoms with E-state index >= 15 is 0 Å². The van der Waals surface area contributed by atoms with Crippen molar-refractivity contribution in [2.24, 2.45) is 5.73 Å². The maximum Gasteiger partial charge on any atom is 0.231 e. The van der Waals surface area contributed by atoms with Crippen molar-refractivity contribution in [3.8, 4) is 17.2 Å². The van der Waals surface area contributed by atoms with E-state index in [9.17, 15) is 0 Å². The van der Waals surface area contributed by atoms with Crippen molar-refractivity contribution >= 4 is 11.3 Å². The van der Waals surface area contributed by atoms with Gasteiger partial charge in [-0.3, -0.25) is 0 Å². The number of ether oxygens (including phenoxy) is 3. The lowest BCUT2D eigenvalue weighted by Crippen LogP contribution is -2.06. The predicted octanol–water partition coefficient (Wildman–Crippen LogP) is 2.51. The molecular weight excluding hydrogens is 288 g/mol. The van der Waals surface area contributed by atoms with Gasteiger partial charge in [-0.05, 0) is 31.0 Å². The lowest BCUT2D eigenvalue weighted by atomic mass is 10.1. The molecule has 0 amide bonds. The van der Waals surface area contributed by atoms with Crippen molar-refractivity contribution in [1.82, 2.24) is 4.98 Å². The average molecular weight is 306 g/mol. The van der Waals surface area contributed by atoms with Gasteiger partial charge in [0, 0.05) is 11.4 Å². The third-order valence-corrected chi connectivity index (χ3v) is 4.29. The first-order valence-electron chi connectivity index (χ1n) is 6.98. The molecule has 3 rings (SSSR count). The number of hydrogen-bond donors (Lipinski definition) is 1. The molecule has 21 heavy (non-hydrogen) atoms. The third-order valence-electron chi connectivity index (χ3n) is 3.25. The first kappa shape index (κ1) is 14.2. The smallest absolute Gasteiger partial charge is 0.231 e. The van der Waals surface area contributed by atoms with E-state index in [0.717, 1.165) is 46.4 Å². The van der Waals surface area contributed by atoms with Crippen LogP contribution in [0.4, 0.5) is 0 Å². The predicted molar refractivity (Wildman–Crippen MR) is 81.1 cm³/mol. The zero-order valence-corrected chi connectivity index (χ0v) is 12.7. The van der Waals surface area contributed by atoms with E-state index in [1.54, 1.807) is 11.3 Å². The van der Waals surface area contributed by atoms with E-state index in [2.05, 4.69) is 11.9 Å². The molecule has 0 saturated heterocycles. The minimum Gasteiger partial charge on any atom is -0.487 e. The van der Waals surface area contributed by atoms with Gasteiger partial charge in [0.1, 0.15) is 12.4 Å². The van der Waals surface area contributed by atoms with Crippen molar-refractivity contribution in [2.45, 2.75) is 26.4 Å². The number of aryl methyl sites for hydroxylation is 1. The Labute approximate surface area is 127 Å². The summed E-state index contributed by atoms with van der Waals surface area (Å²) in [6.07, 6.45) is 1.69. The quantitative estimate of drug-likeness (QED) is 0.888. The Bertz CT molecular complexity index is 627. The van der Waals surface area contributed by atoms with E-state index in [-0.39, 0.29) is 6.79 Å². The molecule has 0 atom stereocenters. The largest absolute Gasteiger partial charge is 0.487 e. The van der Waals surface area contributed by atoms with Crippen LogP contribution < -0.4 is 19.9 Å². The molecule has 2 aromatic rings. The fourth-order valence-electron chi connectivity index (χ4n) is 2.18. The minimum atomic E-state index is 0.257. The number of thiazole rings is 1. The van der Waals surface area contributed by atoms with Gasteiger partial charge in [0.15, 0.2) is 11.5 Å². The summed E-state index contributed by atoms with van der Waals surface area (Å²) in [6, 6.07) is 3.82. The molecule has 2 N–H and O–H groups in total. The molecule has 0 bridgehead atoms. The topological polar surface area (TPSA) is 66.6 Å². The first-order chi connectivity index (χ1) is 10.3. The monoisotopic (exact) mass is 306 g/mol. The Morgan fingerprint density at radius 3 is 2.86 bits per heavy atom. The van der Waals surface area contributed by atoms with Crippen LogP contribution in [0.3, 0.4) is 0 Å². The Morgan fingerprint density at radius 1 is 1.33 bits per heavy atom. The summed E-state index contributed by atoms with van der Waals surface area (Å²) in [5, 5.41) is 3.16. The maximum atomic E-state index is 5.91. The van der Waals surface area contributed by atoms with Crippen LogP contribution in [-0.2, 0) is 19.4 Å². The van der Waals surface area contributed by atoms with E-state index < -0.39 is 0 Å². The van der Waals surface area contributed by atoms with Crippen molar-refractivity contribution in [1.29, 1.82) is 0 Å². The van der Waals surface area contributed by atoms with Gasteiger partial charge in [-0.25, -0.2) is 4.98 Å². The standard InChI is InChI=1S/C15H18N2O3S/c1-2-15-17-11(8-21-15)7-18-12-6-14-13(19-9-20-14)5-10(12)3-4-16/h5-6,8H,2-4,7,9,16H2,1H3. The molecule has 1 aromatic carbocycles. The summed E-state index contributed by atoms with van der Waals surface area (Å²) in [5.41, 5.74) is 7.65. The fourth-order valence-corrected chi connectivity index (χ4v) is 2.91. The molecule has 1 aliphatic rings. The van der Waals surface area contributed by atoms with Crippen LogP contribution >= 0.6 is 11.3 Å². The van der Waals surface area contributed by atoms with Gasteiger partial charge in [0.05, 0.1) is 10.7 Å². The Balaban J connectivity index is 1.77. The van der Waals surface area contributed by atoms with E-state index in [0.29, 0.717) is 13.2 Å². The molecule has 1 aromatic heterocycles. The van der Waals surface area contributed by atoms with Crippen molar-refractivity contribution in [2.75, 3.05) is 13.3 Å². The average Bonchev–Trinajstić information content (AvgIpc) is 3.13. The summed E-state index contributed by atoms with van der Waals surface area (Å²) in [4.78, 5) is 4.50. The van der Waals surface area contributed by atoms with E-state index in [4.69, 9.17) is 19.9 Å². The summed E-state index contributed by atoms with van der Waals surface area (Å²) in [5.74, 6) is 2.27. The molecule has 2 heterocycles. The molecule has 0 saturated carbocycles. The number of hydrogen-bond acceptors (Lipinski definition) is 6. The second kappa shape index (κ2) is 6.32. The van der Waals surface area contributed by atoms with Gasteiger partial charge in [0.25, 0.3) is 0 Å². The lowest BCUT2D eigenvalue weighted by Gasteiger charge is -2.11. The Morgan fingerprint density at radius 2 is 2.14 bits per heavy atom.